The van der Waals surface area contributed by atoms with E-state index in [0.29, 0.717) is 6.04 Å². The van der Waals surface area contributed by atoms with Gasteiger partial charge < -0.3 is 14.8 Å². The van der Waals surface area contributed by atoms with Gasteiger partial charge in [0.25, 0.3) is 5.91 Å². The van der Waals surface area contributed by atoms with E-state index in [0.717, 1.165) is 42.5 Å². The number of aromatic nitrogens is 2. The molecule has 0 atom stereocenters. The average molecular weight is 354 g/mol. The highest BCUT2D eigenvalue weighted by Gasteiger charge is 2.17. The van der Waals surface area contributed by atoms with Crippen LogP contribution in [-0.2, 0) is 6.54 Å². The fourth-order valence-corrected chi connectivity index (χ4v) is 4.33. The molecule has 1 amide bonds. The van der Waals surface area contributed by atoms with Crippen molar-refractivity contribution in [2.24, 2.45) is 0 Å². The number of hydrogen-bond donors (Lipinski definition) is 1. The van der Waals surface area contributed by atoms with Gasteiger partial charge in [0.1, 0.15) is 0 Å². The molecule has 26 heavy (non-hydrogen) atoms. The number of rotatable bonds is 5. The molecule has 1 saturated carbocycles. The standard InChI is InChI=1S/C21H30N4O/c26-21(23-18-7-3-1-2-4-8-18)17-9-10-20-19(15-17)22-16-25(20)14-13-24-11-5-6-12-24/h9-10,15-16,18H,1-8,11-14H2,(H,23,26). The Kier molecular flexibility index (Phi) is 5.54. The number of likely N-dealkylation sites (tertiary alicyclic amines) is 1. The lowest BCUT2D eigenvalue weighted by Gasteiger charge is -2.16. The molecule has 0 radical (unpaired) electrons. The van der Waals surface area contributed by atoms with Gasteiger partial charge in [-0.2, -0.15) is 0 Å². The number of imidazole rings is 1. The summed E-state index contributed by atoms with van der Waals surface area (Å²) in [5.41, 5.74) is 2.77. The van der Waals surface area contributed by atoms with Crippen LogP contribution in [0.4, 0.5) is 0 Å². The average Bonchev–Trinajstić information content (AvgIpc) is 3.24. The van der Waals surface area contributed by atoms with Gasteiger partial charge in [-0.15, -0.1) is 0 Å². The van der Waals surface area contributed by atoms with Crippen LogP contribution in [0, 0.1) is 0 Å². The molecule has 0 bridgehead atoms. The van der Waals surface area contributed by atoms with Crippen LogP contribution in [0.5, 0.6) is 0 Å². The van der Waals surface area contributed by atoms with Gasteiger partial charge in [0.2, 0.25) is 0 Å². The van der Waals surface area contributed by atoms with E-state index in [9.17, 15) is 4.79 Å². The quantitative estimate of drug-likeness (QED) is 0.835. The minimum absolute atomic E-state index is 0.0467. The van der Waals surface area contributed by atoms with Gasteiger partial charge in [-0.3, -0.25) is 4.79 Å². The second kappa shape index (κ2) is 8.21. The first-order chi connectivity index (χ1) is 12.8. The van der Waals surface area contributed by atoms with Crippen LogP contribution in [-0.4, -0.2) is 46.0 Å². The van der Waals surface area contributed by atoms with Gasteiger partial charge in [0.15, 0.2) is 0 Å². The van der Waals surface area contributed by atoms with Gasteiger partial charge in [0, 0.05) is 24.7 Å². The van der Waals surface area contributed by atoms with Crippen molar-refractivity contribution in [3.8, 4) is 0 Å². The van der Waals surface area contributed by atoms with Gasteiger partial charge in [-0.05, 0) is 57.0 Å². The highest BCUT2D eigenvalue weighted by Crippen LogP contribution is 2.19. The minimum Gasteiger partial charge on any atom is -0.349 e. The van der Waals surface area contributed by atoms with E-state index in [1.165, 1.54) is 51.6 Å². The highest BCUT2D eigenvalue weighted by molar-refractivity contribution is 5.97. The maximum atomic E-state index is 12.6. The number of hydrogen-bond acceptors (Lipinski definition) is 3. The largest absolute Gasteiger partial charge is 0.349 e. The molecule has 1 aliphatic carbocycles. The Morgan fingerprint density at radius 2 is 1.81 bits per heavy atom. The zero-order chi connectivity index (χ0) is 17.8. The zero-order valence-electron chi connectivity index (χ0n) is 15.6. The van der Waals surface area contributed by atoms with Crippen molar-refractivity contribution in [2.45, 2.75) is 64.0 Å². The van der Waals surface area contributed by atoms with Crippen LogP contribution in [0.1, 0.15) is 61.7 Å². The molecular weight excluding hydrogens is 324 g/mol. The van der Waals surface area contributed by atoms with Crippen molar-refractivity contribution in [1.82, 2.24) is 19.8 Å². The summed E-state index contributed by atoms with van der Waals surface area (Å²) < 4.78 is 2.21. The predicted octanol–water partition coefficient (Wildman–Crippen LogP) is 3.58. The molecule has 1 aromatic carbocycles. The number of amides is 1. The van der Waals surface area contributed by atoms with Crippen LogP contribution >= 0.6 is 0 Å². The lowest BCUT2D eigenvalue weighted by molar-refractivity contribution is 0.0933. The van der Waals surface area contributed by atoms with Crippen molar-refractivity contribution >= 4 is 16.9 Å². The molecule has 1 aliphatic heterocycles. The number of carbonyl (C=O) groups is 1. The smallest absolute Gasteiger partial charge is 0.251 e. The molecule has 0 unspecified atom stereocenters. The molecule has 5 heteroatoms. The lowest BCUT2D eigenvalue weighted by Crippen LogP contribution is -2.34. The van der Waals surface area contributed by atoms with E-state index in [4.69, 9.17) is 0 Å². The number of nitrogens with one attached hydrogen (secondary N) is 1. The molecule has 2 aromatic rings. The van der Waals surface area contributed by atoms with Crippen LogP contribution in [0.3, 0.4) is 0 Å². The predicted molar refractivity (Wildman–Crippen MR) is 104 cm³/mol. The van der Waals surface area contributed by atoms with Gasteiger partial charge >= 0.3 is 0 Å². The molecule has 140 valence electrons. The van der Waals surface area contributed by atoms with Gasteiger partial charge in [-0.25, -0.2) is 4.98 Å². The molecule has 2 aliphatic rings. The first-order valence-electron chi connectivity index (χ1n) is 10.3. The Labute approximate surface area is 155 Å². The minimum atomic E-state index is 0.0467. The summed E-state index contributed by atoms with van der Waals surface area (Å²) in [5.74, 6) is 0.0467. The van der Waals surface area contributed by atoms with E-state index in [1.807, 2.05) is 24.5 Å². The molecule has 2 fully saturated rings. The van der Waals surface area contributed by atoms with E-state index < -0.39 is 0 Å². The lowest BCUT2D eigenvalue weighted by atomic mass is 10.1. The molecule has 2 heterocycles. The third-order valence-electron chi connectivity index (χ3n) is 5.93. The van der Waals surface area contributed by atoms with Crippen LogP contribution < -0.4 is 5.32 Å². The molecule has 0 spiro atoms. The molecule has 1 aromatic heterocycles. The second-order valence-electron chi connectivity index (χ2n) is 7.85. The van der Waals surface area contributed by atoms with Crippen molar-refractivity contribution < 1.29 is 4.79 Å². The molecule has 1 saturated heterocycles. The molecule has 4 rings (SSSR count). The van der Waals surface area contributed by atoms with Gasteiger partial charge in [-0.1, -0.05) is 25.7 Å². The molecular formula is C21H30N4O. The summed E-state index contributed by atoms with van der Waals surface area (Å²) in [6.07, 6.45) is 11.8. The van der Waals surface area contributed by atoms with Gasteiger partial charge in [0.05, 0.1) is 17.4 Å². The number of carbonyl (C=O) groups excluding carboxylic acids is 1. The molecule has 1 N–H and O–H groups in total. The van der Waals surface area contributed by atoms with Crippen LogP contribution in [0.2, 0.25) is 0 Å². The maximum absolute atomic E-state index is 12.6. The summed E-state index contributed by atoms with van der Waals surface area (Å²) in [6.45, 7) is 4.48. The topological polar surface area (TPSA) is 50.2 Å². The maximum Gasteiger partial charge on any atom is 0.251 e. The van der Waals surface area contributed by atoms with E-state index in [-0.39, 0.29) is 5.91 Å². The second-order valence-corrected chi connectivity index (χ2v) is 7.85. The van der Waals surface area contributed by atoms with E-state index in [1.54, 1.807) is 0 Å². The summed E-state index contributed by atoms with van der Waals surface area (Å²) in [6, 6.07) is 6.27. The zero-order valence-corrected chi connectivity index (χ0v) is 15.6. The van der Waals surface area contributed by atoms with E-state index >= 15 is 0 Å². The summed E-state index contributed by atoms with van der Waals surface area (Å²) in [7, 11) is 0. The number of benzene rings is 1. The normalized spacial score (nSPS) is 19.7. The summed E-state index contributed by atoms with van der Waals surface area (Å²) in [4.78, 5) is 19.7. The van der Waals surface area contributed by atoms with Crippen LogP contribution in [0.15, 0.2) is 24.5 Å². The monoisotopic (exact) mass is 354 g/mol. The van der Waals surface area contributed by atoms with Crippen molar-refractivity contribution in [1.29, 1.82) is 0 Å². The highest BCUT2D eigenvalue weighted by atomic mass is 16.1. The Morgan fingerprint density at radius 3 is 2.58 bits per heavy atom. The molecule has 5 nitrogen and oxygen atoms in total. The Morgan fingerprint density at radius 1 is 1.04 bits per heavy atom. The first-order valence-corrected chi connectivity index (χ1v) is 10.3. The van der Waals surface area contributed by atoms with Crippen molar-refractivity contribution in [3.05, 3.63) is 30.1 Å². The number of nitrogens with zero attached hydrogens (tertiary/aromatic N) is 3. The Hall–Kier alpha value is -1.88. The Bertz CT molecular complexity index is 740. The fraction of sp³-hybridized carbons (Fsp3) is 0.619. The summed E-state index contributed by atoms with van der Waals surface area (Å²) >= 11 is 0. The first kappa shape index (κ1) is 17.5. The van der Waals surface area contributed by atoms with Crippen molar-refractivity contribution in [2.75, 3.05) is 19.6 Å². The van der Waals surface area contributed by atoms with Crippen LogP contribution in [0.25, 0.3) is 11.0 Å². The number of fused-ring (bicyclic) bond motifs is 1. The Balaban J connectivity index is 1.41. The SMILES string of the molecule is O=C(NC1CCCCCC1)c1ccc2c(c1)ncn2CCN1CCCC1. The van der Waals surface area contributed by atoms with Crippen molar-refractivity contribution in [3.63, 3.8) is 0 Å². The fourth-order valence-electron chi connectivity index (χ4n) is 4.33. The third kappa shape index (κ3) is 4.09. The summed E-state index contributed by atoms with van der Waals surface area (Å²) in [5, 5.41) is 3.23. The third-order valence-corrected chi connectivity index (χ3v) is 5.93. The van der Waals surface area contributed by atoms with E-state index in [2.05, 4.69) is 19.8 Å².